The lowest BCUT2D eigenvalue weighted by Gasteiger charge is -2.35. The first-order valence-corrected chi connectivity index (χ1v) is 7.01. The maximum atomic E-state index is 12.2. The van der Waals surface area contributed by atoms with Crippen LogP contribution in [0.25, 0.3) is 0 Å². The average Bonchev–Trinajstić information content (AvgIpc) is 2.46. The molecule has 2 heterocycles. The summed E-state index contributed by atoms with van der Waals surface area (Å²) in [6.45, 7) is 5.72. The van der Waals surface area contributed by atoms with Crippen molar-refractivity contribution in [3.05, 3.63) is 0 Å². The van der Waals surface area contributed by atoms with Gasteiger partial charge in [0.2, 0.25) is 11.8 Å². The van der Waals surface area contributed by atoms with Crippen LogP contribution in [0.1, 0.15) is 19.8 Å². The van der Waals surface area contributed by atoms with E-state index >= 15 is 0 Å². The minimum Gasteiger partial charge on any atom is -0.378 e. The van der Waals surface area contributed by atoms with Crippen molar-refractivity contribution in [2.45, 2.75) is 25.8 Å². The van der Waals surface area contributed by atoms with Crippen LogP contribution in [0, 0.1) is 5.92 Å². The van der Waals surface area contributed by atoms with Crippen LogP contribution >= 0.6 is 0 Å². The minimum atomic E-state index is -0.180. The van der Waals surface area contributed by atoms with Gasteiger partial charge in [-0.2, -0.15) is 0 Å². The smallest absolute Gasteiger partial charge is 0.242 e. The molecule has 0 aliphatic carbocycles. The molecule has 2 fully saturated rings. The van der Waals surface area contributed by atoms with Crippen molar-refractivity contribution >= 4 is 11.8 Å². The molecule has 19 heavy (non-hydrogen) atoms. The predicted molar refractivity (Wildman–Crippen MR) is 70.6 cm³/mol. The summed E-state index contributed by atoms with van der Waals surface area (Å²) in [5.74, 6) is 0.656. The van der Waals surface area contributed by atoms with E-state index in [0.717, 1.165) is 39.0 Å². The van der Waals surface area contributed by atoms with Gasteiger partial charge in [-0.1, -0.05) is 0 Å². The third-order valence-electron chi connectivity index (χ3n) is 3.79. The molecule has 2 aliphatic heterocycles. The van der Waals surface area contributed by atoms with Crippen molar-refractivity contribution in [2.75, 3.05) is 39.4 Å². The topological polar surface area (TPSA) is 70.7 Å². The molecule has 0 aromatic carbocycles. The number of rotatable bonds is 3. The molecule has 108 valence electrons. The van der Waals surface area contributed by atoms with E-state index in [1.54, 1.807) is 0 Å². The maximum absolute atomic E-state index is 12.2. The van der Waals surface area contributed by atoms with Gasteiger partial charge in [0.25, 0.3) is 0 Å². The van der Waals surface area contributed by atoms with E-state index in [1.165, 1.54) is 6.92 Å². The molecule has 0 radical (unpaired) electrons. The number of carbonyl (C=O) groups excluding carboxylic acids is 2. The highest BCUT2D eigenvalue weighted by atomic mass is 16.5. The molecule has 2 saturated heterocycles. The third kappa shape index (κ3) is 4.18. The fourth-order valence-corrected chi connectivity index (χ4v) is 2.59. The summed E-state index contributed by atoms with van der Waals surface area (Å²) in [6.07, 6.45) is 1.92. The zero-order chi connectivity index (χ0) is 13.7. The number of hydrogen-bond donors (Lipinski definition) is 2. The highest BCUT2D eigenvalue weighted by Gasteiger charge is 2.29. The quantitative estimate of drug-likeness (QED) is 0.714. The molecular weight excluding hydrogens is 246 g/mol. The fourth-order valence-electron chi connectivity index (χ4n) is 2.59. The van der Waals surface area contributed by atoms with Crippen LogP contribution in [-0.2, 0) is 14.3 Å². The molecule has 6 nitrogen and oxygen atoms in total. The highest BCUT2D eigenvalue weighted by molar-refractivity contribution is 5.82. The molecule has 2 amide bonds. The Morgan fingerprint density at radius 3 is 2.68 bits per heavy atom. The zero-order valence-electron chi connectivity index (χ0n) is 11.5. The van der Waals surface area contributed by atoms with Crippen LogP contribution in [0.2, 0.25) is 0 Å². The maximum Gasteiger partial charge on any atom is 0.242 e. The summed E-state index contributed by atoms with van der Waals surface area (Å²) in [7, 11) is 0. The Morgan fingerprint density at radius 2 is 2.11 bits per heavy atom. The molecule has 1 atom stereocenters. The second-order valence-corrected chi connectivity index (χ2v) is 5.29. The Hall–Kier alpha value is -1.14. The van der Waals surface area contributed by atoms with Crippen molar-refractivity contribution in [3.63, 3.8) is 0 Å². The largest absolute Gasteiger partial charge is 0.378 e. The number of hydrogen-bond acceptors (Lipinski definition) is 4. The van der Waals surface area contributed by atoms with Gasteiger partial charge < -0.3 is 20.3 Å². The van der Waals surface area contributed by atoms with Crippen molar-refractivity contribution in [1.29, 1.82) is 0 Å². The van der Waals surface area contributed by atoms with Crippen LogP contribution in [0.15, 0.2) is 0 Å². The number of morpholine rings is 1. The van der Waals surface area contributed by atoms with Gasteiger partial charge in [0.05, 0.1) is 13.2 Å². The first-order valence-electron chi connectivity index (χ1n) is 7.01. The monoisotopic (exact) mass is 269 g/mol. The molecule has 0 aromatic rings. The number of nitrogens with one attached hydrogen (secondary N) is 2. The molecule has 0 saturated carbocycles. The predicted octanol–water partition coefficient (Wildman–Crippen LogP) is -0.650. The van der Waals surface area contributed by atoms with Gasteiger partial charge in [-0.05, 0) is 18.8 Å². The van der Waals surface area contributed by atoms with Gasteiger partial charge in [-0.15, -0.1) is 0 Å². The summed E-state index contributed by atoms with van der Waals surface area (Å²) >= 11 is 0. The number of nitrogens with zero attached hydrogens (tertiary/aromatic N) is 1. The van der Waals surface area contributed by atoms with Crippen LogP contribution in [0.5, 0.6) is 0 Å². The van der Waals surface area contributed by atoms with Gasteiger partial charge in [-0.25, -0.2) is 0 Å². The van der Waals surface area contributed by atoms with Crippen LogP contribution < -0.4 is 10.6 Å². The number of amides is 2. The normalized spacial score (nSPS) is 25.1. The molecule has 0 spiro atoms. The van der Waals surface area contributed by atoms with Crippen LogP contribution in [0.4, 0.5) is 0 Å². The van der Waals surface area contributed by atoms with Gasteiger partial charge in [0, 0.05) is 33.1 Å². The van der Waals surface area contributed by atoms with E-state index < -0.39 is 0 Å². The van der Waals surface area contributed by atoms with Crippen LogP contribution in [-0.4, -0.2) is 62.1 Å². The van der Waals surface area contributed by atoms with E-state index in [-0.39, 0.29) is 17.9 Å². The highest BCUT2D eigenvalue weighted by Crippen LogP contribution is 2.17. The van der Waals surface area contributed by atoms with Crippen molar-refractivity contribution < 1.29 is 14.3 Å². The van der Waals surface area contributed by atoms with Gasteiger partial charge in [-0.3, -0.25) is 9.59 Å². The van der Waals surface area contributed by atoms with Crippen LogP contribution in [0.3, 0.4) is 0 Å². The number of piperidine rings is 1. The average molecular weight is 269 g/mol. The molecule has 2 aliphatic rings. The Kier molecular flexibility index (Phi) is 5.15. The fraction of sp³-hybridized carbons (Fsp3) is 0.846. The van der Waals surface area contributed by atoms with E-state index in [0.29, 0.717) is 19.1 Å². The van der Waals surface area contributed by atoms with Crippen molar-refractivity contribution in [3.8, 4) is 0 Å². The number of ether oxygens (including phenoxy) is 1. The standard InChI is InChI=1S/C13H23N3O3/c1-10(17)15-8-11-2-5-16(6-3-11)13(18)12-9-19-7-4-14-12/h11-12,14H,2-9H2,1H3,(H,15,17). The van der Waals surface area contributed by atoms with Crippen molar-refractivity contribution in [2.24, 2.45) is 5.92 Å². The summed E-state index contributed by atoms with van der Waals surface area (Å²) in [5, 5.41) is 6.04. The number of likely N-dealkylation sites (tertiary alicyclic amines) is 1. The lowest BCUT2D eigenvalue weighted by Crippen LogP contribution is -2.54. The number of carbonyl (C=O) groups is 2. The van der Waals surface area contributed by atoms with Gasteiger partial charge in [0.1, 0.15) is 6.04 Å². The molecular formula is C13H23N3O3. The zero-order valence-corrected chi connectivity index (χ0v) is 11.5. The molecule has 0 bridgehead atoms. The second-order valence-electron chi connectivity index (χ2n) is 5.29. The Morgan fingerprint density at radius 1 is 1.37 bits per heavy atom. The first kappa shape index (κ1) is 14.3. The Labute approximate surface area is 113 Å². The molecule has 6 heteroatoms. The van der Waals surface area contributed by atoms with Gasteiger partial charge in [0.15, 0.2) is 0 Å². The SMILES string of the molecule is CC(=O)NCC1CCN(C(=O)C2COCCN2)CC1. The van der Waals surface area contributed by atoms with E-state index in [9.17, 15) is 9.59 Å². The van der Waals surface area contributed by atoms with Crippen molar-refractivity contribution in [1.82, 2.24) is 15.5 Å². The summed E-state index contributed by atoms with van der Waals surface area (Å²) < 4.78 is 5.32. The summed E-state index contributed by atoms with van der Waals surface area (Å²) in [4.78, 5) is 25.0. The lowest BCUT2D eigenvalue weighted by atomic mass is 9.96. The van der Waals surface area contributed by atoms with E-state index in [4.69, 9.17) is 4.74 Å². The molecule has 0 aromatic heterocycles. The first-order chi connectivity index (χ1) is 9.16. The second kappa shape index (κ2) is 6.86. The Balaban J connectivity index is 1.72. The lowest BCUT2D eigenvalue weighted by molar-refractivity contribution is -0.137. The third-order valence-corrected chi connectivity index (χ3v) is 3.79. The van der Waals surface area contributed by atoms with E-state index in [2.05, 4.69) is 10.6 Å². The minimum absolute atomic E-state index is 0.0158. The Bertz CT molecular complexity index is 321. The summed E-state index contributed by atoms with van der Waals surface area (Å²) in [6, 6.07) is -0.180. The van der Waals surface area contributed by atoms with Gasteiger partial charge >= 0.3 is 0 Å². The molecule has 1 unspecified atom stereocenters. The summed E-state index contributed by atoms with van der Waals surface area (Å²) in [5.41, 5.74) is 0. The molecule has 2 rings (SSSR count). The van der Waals surface area contributed by atoms with E-state index in [1.807, 2.05) is 4.90 Å². The molecule has 2 N–H and O–H groups in total.